The Bertz CT molecular complexity index is 576. The van der Waals surface area contributed by atoms with Crippen LogP contribution >= 0.6 is 15.9 Å². The van der Waals surface area contributed by atoms with Gasteiger partial charge in [0.05, 0.1) is 4.92 Å². The molecule has 1 aromatic carbocycles. The van der Waals surface area contributed by atoms with Gasteiger partial charge in [0.25, 0.3) is 5.69 Å². The number of nitro groups is 1. The highest BCUT2D eigenvalue weighted by molar-refractivity contribution is 9.10. The van der Waals surface area contributed by atoms with E-state index in [1.807, 2.05) is 12.1 Å². The van der Waals surface area contributed by atoms with Crippen LogP contribution in [0.1, 0.15) is 19.4 Å². The number of likely N-dealkylation sites (tertiary alicyclic amines) is 1. The van der Waals surface area contributed by atoms with E-state index in [9.17, 15) is 10.1 Å². The van der Waals surface area contributed by atoms with Crippen LogP contribution in [0.3, 0.4) is 0 Å². The minimum absolute atomic E-state index is 0.0785. The van der Waals surface area contributed by atoms with E-state index < -0.39 is 0 Å². The first-order chi connectivity index (χ1) is 9.89. The van der Waals surface area contributed by atoms with Gasteiger partial charge in [-0.05, 0) is 44.4 Å². The van der Waals surface area contributed by atoms with Crippen LogP contribution in [0.25, 0.3) is 0 Å². The van der Waals surface area contributed by atoms with Crippen molar-refractivity contribution in [1.82, 2.24) is 10.2 Å². The first-order valence-corrected chi connectivity index (χ1v) is 8.07. The Kier molecular flexibility index (Phi) is 3.80. The molecule has 2 fully saturated rings. The van der Waals surface area contributed by atoms with Crippen molar-refractivity contribution in [3.05, 3.63) is 38.3 Å². The van der Waals surface area contributed by atoms with Gasteiger partial charge in [0.15, 0.2) is 0 Å². The molecule has 2 aliphatic rings. The van der Waals surface area contributed by atoms with Crippen molar-refractivity contribution in [1.29, 1.82) is 0 Å². The summed E-state index contributed by atoms with van der Waals surface area (Å²) in [4.78, 5) is 13.4. The Balaban J connectivity index is 1.86. The predicted octanol–water partition coefficient (Wildman–Crippen LogP) is 2.79. The first-order valence-electron chi connectivity index (χ1n) is 7.28. The Morgan fingerprint density at radius 3 is 2.90 bits per heavy atom. The van der Waals surface area contributed by atoms with Crippen molar-refractivity contribution in [3.63, 3.8) is 0 Å². The lowest BCUT2D eigenvalue weighted by Crippen LogP contribution is -2.44. The lowest BCUT2D eigenvalue weighted by atomic mass is 9.85. The predicted molar refractivity (Wildman–Crippen MR) is 85.1 cm³/mol. The Labute approximate surface area is 133 Å². The fraction of sp³-hybridized carbons (Fsp3) is 0.600. The maximum absolute atomic E-state index is 11.3. The van der Waals surface area contributed by atoms with Crippen LogP contribution in [-0.4, -0.2) is 35.0 Å². The van der Waals surface area contributed by atoms with Crippen LogP contribution in [0.15, 0.2) is 22.7 Å². The molecule has 0 aromatic heterocycles. The SMILES string of the molecule is CC1(C)C2CNCC2CN1Cc1ccc(Br)cc1[N+](=O)[O-]. The topological polar surface area (TPSA) is 58.4 Å². The summed E-state index contributed by atoms with van der Waals surface area (Å²) in [6.07, 6.45) is 0. The molecule has 2 saturated heterocycles. The van der Waals surface area contributed by atoms with Crippen molar-refractivity contribution in [2.45, 2.75) is 25.9 Å². The van der Waals surface area contributed by atoms with Crippen molar-refractivity contribution in [2.24, 2.45) is 11.8 Å². The number of halogens is 1. The summed E-state index contributed by atoms with van der Waals surface area (Å²) < 4.78 is 0.750. The monoisotopic (exact) mass is 353 g/mol. The quantitative estimate of drug-likeness (QED) is 0.670. The summed E-state index contributed by atoms with van der Waals surface area (Å²) in [6, 6.07) is 5.35. The number of nitrogens with zero attached hydrogens (tertiary/aromatic N) is 2. The van der Waals surface area contributed by atoms with E-state index in [2.05, 4.69) is 40.0 Å². The summed E-state index contributed by atoms with van der Waals surface area (Å²) in [6.45, 7) is 8.29. The zero-order chi connectivity index (χ0) is 15.2. The third kappa shape index (κ3) is 2.60. The number of hydrogen-bond donors (Lipinski definition) is 1. The van der Waals surface area contributed by atoms with Gasteiger partial charge in [0.2, 0.25) is 0 Å². The van der Waals surface area contributed by atoms with E-state index >= 15 is 0 Å². The molecular weight excluding hydrogens is 334 g/mol. The Morgan fingerprint density at radius 2 is 2.24 bits per heavy atom. The largest absolute Gasteiger partial charge is 0.316 e. The lowest BCUT2D eigenvalue weighted by Gasteiger charge is -2.35. The molecule has 0 spiro atoms. The second-order valence-electron chi connectivity index (χ2n) is 6.59. The maximum atomic E-state index is 11.3. The van der Waals surface area contributed by atoms with Crippen LogP contribution in [0, 0.1) is 22.0 Å². The van der Waals surface area contributed by atoms with Crippen molar-refractivity contribution in [3.8, 4) is 0 Å². The molecule has 5 nitrogen and oxygen atoms in total. The fourth-order valence-electron chi connectivity index (χ4n) is 3.82. The highest BCUT2D eigenvalue weighted by Crippen LogP contribution is 2.42. The van der Waals surface area contributed by atoms with Crippen LogP contribution in [0.2, 0.25) is 0 Å². The van der Waals surface area contributed by atoms with E-state index in [4.69, 9.17) is 0 Å². The van der Waals surface area contributed by atoms with Gasteiger partial charge in [-0.3, -0.25) is 15.0 Å². The standard InChI is InChI=1S/C15H20BrN3O2/c1-15(2)13-7-17-6-11(13)9-18(15)8-10-3-4-12(16)5-14(10)19(20)21/h3-5,11,13,17H,6-9H2,1-2H3. The number of fused-ring (bicyclic) bond motifs is 1. The van der Waals surface area contributed by atoms with E-state index in [0.29, 0.717) is 18.4 Å². The van der Waals surface area contributed by atoms with Gasteiger partial charge in [-0.1, -0.05) is 15.9 Å². The first kappa shape index (κ1) is 14.9. The molecule has 21 heavy (non-hydrogen) atoms. The van der Waals surface area contributed by atoms with E-state index in [1.54, 1.807) is 6.07 Å². The average Bonchev–Trinajstić information content (AvgIpc) is 2.95. The zero-order valence-electron chi connectivity index (χ0n) is 12.3. The molecular formula is C15H20BrN3O2. The molecule has 2 heterocycles. The number of nitro benzene ring substituents is 1. The zero-order valence-corrected chi connectivity index (χ0v) is 13.9. The molecule has 1 aromatic rings. The summed E-state index contributed by atoms with van der Waals surface area (Å²) in [5.74, 6) is 1.29. The molecule has 2 unspecified atom stereocenters. The van der Waals surface area contributed by atoms with E-state index in [0.717, 1.165) is 29.7 Å². The van der Waals surface area contributed by atoms with Gasteiger partial charge in [-0.15, -0.1) is 0 Å². The molecule has 2 atom stereocenters. The molecule has 0 radical (unpaired) electrons. The number of rotatable bonds is 3. The molecule has 1 N–H and O–H groups in total. The van der Waals surface area contributed by atoms with Crippen LogP contribution in [0.4, 0.5) is 5.69 Å². The third-order valence-electron chi connectivity index (χ3n) is 5.12. The van der Waals surface area contributed by atoms with Crippen molar-refractivity contribution >= 4 is 21.6 Å². The summed E-state index contributed by atoms with van der Waals surface area (Å²) >= 11 is 3.31. The second kappa shape index (κ2) is 5.34. The van der Waals surface area contributed by atoms with Gasteiger partial charge < -0.3 is 5.32 Å². The summed E-state index contributed by atoms with van der Waals surface area (Å²) in [7, 11) is 0. The maximum Gasteiger partial charge on any atom is 0.275 e. The molecule has 0 amide bonds. The van der Waals surface area contributed by atoms with Crippen LogP contribution in [0.5, 0.6) is 0 Å². The molecule has 3 rings (SSSR count). The van der Waals surface area contributed by atoms with Gasteiger partial charge in [0, 0.05) is 41.3 Å². The molecule has 0 aliphatic carbocycles. The van der Waals surface area contributed by atoms with Gasteiger partial charge >= 0.3 is 0 Å². The van der Waals surface area contributed by atoms with Gasteiger partial charge in [-0.2, -0.15) is 0 Å². The van der Waals surface area contributed by atoms with E-state index in [-0.39, 0.29) is 16.1 Å². The normalized spacial score (nSPS) is 27.8. The highest BCUT2D eigenvalue weighted by Gasteiger charge is 2.49. The average molecular weight is 354 g/mol. The van der Waals surface area contributed by atoms with E-state index in [1.165, 1.54) is 0 Å². The number of hydrogen-bond acceptors (Lipinski definition) is 4. The Morgan fingerprint density at radius 1 is 1.48 bits per heavy atom. The molecule has 0 saturated carbocycles. The minimum Gasteiger partial charge on any atom is -0.316 e. The molecule has 114 valence electrons. The highest BCUT2D eigenvalue weighted by atomic mass is 79.9. The van der Waals surface area contributed by atoms with Gasteiger partial charge in [-0.25, -0.2) is 0 Å². The second-order valence-corrected chi connectivity index (χ2v) is 7.50. The van der Waals surface area contributed by atoms with Crippen LogP contribution in [-0.2, 0) is 6.54 Å². The summed E-state index contributed by atoms with van der Waals surface area (Å²) in [5, 5.41) is 14.7. The molecule has 0 bridgehead atoms. The molecule has 2 aliphatic heterocycles. The summed E-state index contributed by atoms with van der Waals surface area (Å²) in [5.41, 5.74) is 1.08. The van der Waals surface area contributed by atoms with Crippen molar-refractivity contribution in [2.75, 3.05) is 19.6 Å². The molecule has 6 heteroatoms. The van der Waals surface area contributed by atoms with Gasteiger partial charge in [0.1, 0.15) is 0 Å². The van der Waals surface area contributed by atoms with Crippen molar-refractivity contribution < 1.29 is 4.92 Å². The fourth-order valence-corrected chi connectivity index (χ4v) is 4.17. The number of nitrogens with one attached hydrogen (secondary N) is 1. The smallest absolute Gasteiger partial charge is 0.275 e. The minimum atomic E-state index is -0.286. The van der Waals surface area contributed by atoms with Crippen LogP contribution < -0.4 is 5.32 Å². The third-order valence-corrected chi connectivity index (χ3v) is 5.62. The lowest BCUT2D eigenvalue weighted by molar-refractivity contribution is -0.385. The number of benzene rings is 1. The Hall–Kier alpha value is -0.980.